The Labute approximate surface area is 78.0 Å². The molecule has 0 fully saturated rings. The second-order valence-corrected chi connectivity index (χ2v) is 3.60. The minimum atomic E-state index is 0.00646. The van der Waals surface area contributed by atoms with Crippen molar-refractivity contribution in [3.8, 4) is 0 Å². The van der Waals surface area contributed by atoms with E-state index < -0.39 is 0 Å². The van der Waals surface area contributed by atoms with E-state index in [2.05, 4.69) is 24.1 Å². The Balaban J connectivity index is 2.51. The van der Waals surface area contributed by atoms with Crippen molar-refractivity contribution in [3.05, 3.63) is 18.7 Å². The molecule has 0 saturated carbocycles. The lowest BCUT2D eigenvalue weighted by Crippen LogP contribution is -2.29. The lowest BCUT2D eigenvalue weighted by atomic mass is 10.0. The summed E-state index contributed by atoms with van der Waals surface area (Å²) >= 11 is 0. The Morgan fingerprint density at radius 1 is 1.62 bits per heavy atom. The van der Waals surface area contributed by atoms with Crippen LogP contribution in [0.3, 0.4) is 0 Å². The fourth-order valence-electron chi connectivity index (χ4n) is 1.18. The lowest BCUT2D eigenvalue weighted by Gasteiger charge is -2.26. The molecule has 4 nitrogen and oxygen atoms in total. The van der Waals surface area contributed by atoms with E-state index in [-0.39, 0.29) is 5.54 Å². The molecule has 0 aromatic carbocycles. The van der Waals surface area contributed by atoms with E-state index in [1.165, 1.54) is 0 Å². The highest BCUT2D eigenvalue weighted by Crippen LogP contribution is 2.17. The molecule has 0 unspecified atom stereocenters. The quantitative estimate of drug-likeness (QED) is 0.538. The van der Waals surface area contributed by atoms with Gasteiger partial charge < -0.3 is 9.88 Å². The molecule has 1 heterocycles. The first-order chi connectivity index (χ1) is 6.17. The minimum absolute atomic E-state index is 0.00646. The van der Waals surface area contributed by atoms with Crippen LogP contribution in [0.5, 0.6) is 0 Å². The number of rotatable bonds is 5. The van der Waals surface area contributed by atoms with Crippen LogP contribution in [0.2, 0.25) is 0 Å². The fourth-order valence-corrected chi connectivity index (χ4v) is 1.18. The van der Waals surface area contributed by atoms with Gasteiger partial charge in [-0.05, 0) is 20.3 Å². The molecule has 1 rings (SSSR count). The molecule has 1 aromatic heterocycles. The average molecular weight is 181 g/mol. The zero-order valence-corrected chi connectivity index (χ0v) is 8.03. The maximum atomic E-state index is 10.0. The third-order valence-corrected chi connectivity index (χ3v) is 2.17. The second-order valence-electron chi connectivity index (χ2n) is 3.60. The molecule has 0 spiro atoms. The Kier molecular flexibility index (Phi) is 3.06. The highest BCUT2D eigenvalue weighted by atomic mass is 16.1. The number of imidazole rings is 1. The third kappa shape index (κ3) is 2.57. The van der Waals surface area contributed by atoms with Crippen molar-refractivity contribution in [2.75, 3.05) is 6.54 Å². The topological polar surface area (TPSA) is 46.9 Å². The van der Waals surface area contributed by atoms with Gasteiger partial charge >= 0.3 is 0 Å². The second kappa shape index (κ2) is 4.07. The Bertz CT molecular complexity index is 254. The fraction of sp³-hybridized carbons (Fsp3) is 0.556. The van der Waals surface area contributed by atoms with E-state index in [0.717, 1.165) is 12.8 Å². The van der Waals surface area contributed by atoms with Gasteiger partial charge in [0.05, 0.1) is 6.33 Å². The van der Waals surface area contributed by atoms with E-state index in [1.807, 2.05) is 10.8 Å². The molecule has 0 atom stereocenters. The van der Waals surface area contributed by atoms with Crippen LogP contribution in [0.4, 0.5) is 0 Å². The summed E-state index contributed by atoms with van der Waals surface area (Å²) in [5.41, 5.74) is 0.00646. The maximum Gasteiger partial charge on any atom is 0.207 e. The molecule has 13 heavy (non-hydrogen) atoms. The zero-order valence-electron chi connectivity index (χ0n) is 8.03. The van der Waals surface area contributed by atoms with Crippen LogP contribution in [0.1, 0.15) is 20.3 Å². The number of carbonyl (C=O) groups excluding carboxylic acids is 1. The average Bonchev–Trinajstić information content (AvgIpc) is 2.56. The van der Waals surface area contributed by atoms with E-state index in [1.54, 1.807) is 12.5 Å². The summed E-state index contributed by atoms with van der Waals surface area (Å²) in [7, 11) is 0. The SMILES string of the molecule is CC(C)(CCNC=O)n1ccnc1. The van der Waals surface area contributed by atoms with Crippen LogP contribution in [-0.4, -0.2) is 22.5 Å². The summed E-state index contributed by atoms with van der Waals surface area (Å²) in [5, 5.41) is 2.65. The van der Waals surface area contributed by atoms with Crippen LogP contribution < -0.4 is 5.32 Å². The molecular formula is C9H15N3O. The van der Waals surface area contributed by atoms with Crippen LogP contribution in [-0.2, 0) is 10.3 Å². The molecule has 1 N–H and O–H groups in total. The molecule has 4 heteroatoms. The highest BCUT2D eigenvalue weighted by Gasteiger charge is 2.18. The summed E-state index contributed by atoms with van der Waals surface area (Å²) < 4.78 is 2.04. The van der Waals surface area contributed by atoms with Gasteiger partial charge in [-0.2, -0.15) is 0 Å². The first kappa shape index (κ1) is 9.77. The number of nitrogens with one attached hydrogen (secondary N) is 1. The lowest BCUT2D eigenvalue weighted by molar-refractivity contribution is -0.109. The normalized spacial score (nSPS) is 11.2. The molecule has 0 bridgehead atoms. The molecule has 72 valence electrons. The van der Waals surface area contributed by atoms with Gasteiger partial charge in [0.1, 0.15) is 0 Å². The van der Waals surface area contributed by atoms with Gasteiger partial charge in [0.25, 0.3) is 0 Å². The van der Waals surface area contributed by atoms with E-state index in [9.17, 15) is 4.79 Å². The molecule has 0 aliphatic carbocycles. The molecule has 0 saturated heterocycles. The van der Waals surface area contributed by atoms with Crippen molar-refractivity contribution >= 4 is 6.41 Å². The number of hydrogen-bond donors (Lipinski definition) is 1. The van der Waals surface area contributed by atoms with Crippen LogP contribution >= 0.6 is 0 Å². The number of hydrogen-bond acceptors (Lipinski definition) is 2. The third-order valence-electron chi connectivity index (χ3n) is 2.17. The van der Waals surface area contributed by atoms with E-state index >= 15 is 0 Å². The molecule has 1 aromatic rings. The minimum Gasteiger partial charge on any atom is -0.359 e. The first-order valence-electron chi connectivity index (χ1n) is 4.32. The molecule has 0 aliphatic rings. The summed E-state index contributed by atoms with van der Waals surface area (Å²) in [6.07, 6.45) is 7.10. The summed E-state index contributed by atoms with van der Waals surface area (Å²) in [6, 6.07) is 0. The number of carbonyl (C=O) groups is 1. The van der Waals surface area contributed by atoms with Crippen molar-refractivity contribution in [1.29, 1.82) is 0 Å². The van der Waals surface area contributed by atoms with Gasteiger partial charge in [0, 0.05) is 24.5 Å². The molecule has 0 radical (unpaired) electrons. The summed E-state index contributed by atoms with van der Waals surface area (Å²) in [5.74, 6) is 0. The maximum absolute atomic E-state index is 10.0. The van der Waals surface area contributed by atoms with E-state index in [0.29, 0.717) is 6.54 Å². The van der Waals surface area contributed by atoms with Gasteiger partial charge in [-0.15, -0.1) is 0 Å². The summed E-state index contributed by atoms with van der Waals surface area (Å²) in [6.45, 7) is 4.91. The number of nitrogens with zero attached hydrogens (tertiary/aromatic N) is 2. The van der Waals surface area contributed by atoms with Crippen LogP contribution in [0.25, 0.3) is 0 Å². The zero-order chi connectivity index (χ0) is 9.73. The van der Waals surface area contributed by atoms with Crippen molar-refractivity contribution < 1.29 is 4.79 Å². The van der Waals surface area contributed by atoms with Gasteiger partial charge in [-0.25, -0.2) is 4.98 Å². The summed E-state index contributed by atoms with van der Waals surface area (Å²) in [4.78, 5) is 14.0. The van der Waals surface area contributed by atoms with Gasteiger partial charge in [-0.1, -0.05) is 0 Å². The Morgan fingerprint density at radius 2 is 2.38 bits per heavy atom. The van der Waals surface area contributed by atoms with Crippen molar-refractivity contribution in [3.63, 3.8) is 0 Å². The monoisotopic (exact) mass is 181 g/mol. The molecule has 0 aliphatic heterocycles. The number of aromatic nitrogens is 2. The van der Waals surface area contributed by atoms with Gasteiger partial charge in [-0.3, -0.25) is 4.79 Å². The highest BCUT2D eigenvalue weighted by molar-refractivity contribution is 5.45. The Morgan fingerprint density at radius 3 is 2.92 bits per heavy atom. The predicted octanol–water partition coefficient (Wildman–Crippen LogP) is 0.754. The van der Waals surface area contributed by atoms with Crippen LogP contribution in [0.15, 0.2) is 18.7 Å². The van der Waals surface area contributed by atoms with E-state index in [4.69, 9.17) is 0 Å². The van der Waals surface area contributed by atoms with Crippen molar-refractivity contribution in [2.24, 2.45) is 0 Å². The van der Waals surface area contributed by atoms with Gasteiger partial charge in [0.2, 0.25) is 6.41 Å². The van der Waals surface area contributed by atoms with Gasteiger partial charge in [0.15, 0.2) is 0 Å². The van der Waals surface area contributed by atoms with Crippen molar-refractivity contribution in [2.45, 2.75) is 25.8 Å². The number of amides is 1. The smallest absolute Gasteiger partial charge is 0.207 e. The standard InChI is InChI=1S/C9H15N3O/c1-9(2,3-4-11-8-13)12-6-5-10-7-12/h5-8H,3-4H2,1-2H3,(H,11,13). The molecule has 1 amide bonds. The first-order valence-corrected chi connectivity index (χ1v) is 4.32. The molecular weight excluding hydrogens is 166 g/mol. The van der Waals surface area contributed by atoms with Crippen molar-refractivity contribution in [1.82, 2.24) is 14.9 Å². The van der Waals surface area contributed by atoms with Crippen LogP contribution in [0, 0.1) is 0 Å². The largest absolute Gasteiger partial charge is 0.359 e. The Hall–Kier alpha value is -1.32. The predicted molar refractivity (Wildman–Crippen MR) is 50.2 cm³/mol.